The van der Waals surface area contributed by atoms with Gasteiger partial charge in [0.1, 0.15) is 11.3 Å². The predicted octanol–water partition coefficient (Wildman–Crippen LogP) is 1.93. The van der Waals surface area contributed by atoms with E-state index in [0.717, 1.165) is 0 Å². The molecule has 1 aromatic heterocycles. The van der Waals surface area contributed by atoms with Crippen LogP contribution in [0.2, 0.25) is 0 Å². The van der Waals surface area contributed by atoms with Crippen LogP contribution in [0.5, 0.6) is 5.75 Å². The second kappa shape index (κ2) is 6.25. The highest BCUT2D eigenvalue weighted by molar-refractivity contribution is 7.13. The number of aromatic nitrogens is 2. The third-order valence-corrected chi connectivity index (χ3v) is 3.25. The molecule has 2 aromatic rings. The lowest BCUT2D eigenvalue weighted by molar-refractivity contribution is -0.115. The Morgan fingerprint density at radius 1 is 1.40 bits per heavy atom. The summed E-state index contributed by atoms with van der Waals surface area (Å²) in [4.78, 5) is 23.3. The number of carbonyl (C=O) groups excluding carboxylic acids is 2. The van der Waals surface area contributed by atoms with Gasteiger partial charge in [0.15, 0.2) is 5.78 Å². The van der Waals surface area contributed by atoms with Crippen molar-refractivity contribution in [3.8, 4) is 5.75 Å². The van der Waals surface area contributed by atoms with Crippen molar-refractivity contribution >= 4 is 28.2 Å². The summed E-state index contributed by atoms with van der Waals surface area (Å²) in [5.74, 6) is 0.279. The number of anilines is 1. The molecule has 1 heterocycles. The summed E-state index contributed by atoms with van der Waals surface area (Å²) in [6, 6.07) is 5.03. The number of Topliss-reactive ketones (excluding diaryl/α,β-unsaturated/α-hetero) is 1. The molecule has 0 aliphatic carbocycles. The SMILES string of the molecule is COc1ccc(C(C)=O)cc1CC(=O)Nc1nncs1. The summed E-state index contributed by atoms with van der Waals surface area (Å²) >= 11 is 1.24. The Morgan fingerprint density at radius 3 is 2.80 bits per heavy atom. The van der Waals surface area contributed by atoms with Crippen LogP contribution in [0.4, 0.5) is 5.13 Å². The Labute approximate surface area is 119 Å². The van der Waals surface area contributed by atoms with Crippen molar-refractivity contribution in [3.05, 3.63) is 34.8 Å². The smallest absolute Gasteiger partial charge is 0.230 e. The minimum atomic E-state index is -0.235. The minimum Gasteiger partial charge on any atom is -0.496 e. The number of ether oxygens (including phenoxy) is 1. The fourth-order valence-corrected chi connectivity index (χ4v) is 2.16. The number of amides is 1. The molecular weight excluding hydrogens is 278 g/mol. The first kappa shape index (κ1) is 14.1. The van der Waals surface area contributed by atoms with E-state index in [1.54, 1.807) is 18.2 Å². The molecule has 0 bridgehead atoms. The van der Waals surface area contributed by atoms with Crippen LogP contribution in [-0.2, 0) is 11.2 Å². The predicted molar refractivity (Wildman–Crippen MR) is 75.2 cm³/mol. The second-order valence-electron chi connectivity index (χ2n) is 4.05. The van der Waals surface area contributed by atoms with Crippen LogP contribution in [0.3, 0.4) is 0 Å². The van der Waals surface area contributed by atoms with E-state index in [1.165, 1.54) is 30.9 Å². The van der Waals surface area contributed by atoms with Gasteiger partial charge in [-0.05, 0) is 25.1 Å². The maximum atomic E-state index is 11.9. The Balaban J connectivity index is 2.16. The molecule has 1 N–H and O–H groups in total. The van der Waals surface area contributed by atoms with Gasteiger partial charge in [-0.15, -0.1) is 10.2 Å². The van der Waals surface area contributed by atoms with Crippen molar-refractivity contribution in [1.29, 1.82) is 0 Å². The van der Waals surface area contributed by atoms with Gasteiger partial charge < -0.3 is 10.1 Å². The summed E-state index contributed by atoms with van der Waals surface area (Å²) in [7, 11) is 1.52. The normalized spacial score (nSPS) is 10.1. The number of carbonyl (C=O) groups is 2. The fraction of sp³-hybridized carbons (Fsp3) is 0.231. The zero-order valence-electron chi connectivity index (χ0n) is 11.0. The van der Waals surface area contributed by atoms with Gasteiger partial charge in [0.25, 0.3) is 0 Å². The maximum absolute atomic E-state index is 11.9. The first-order chi connectivity index (χ1) is 9.60. The molecule has 0 atom stereocenters. The molecule has 1 amide bonds. The molecule has 7 heteroatoms. The number of rotatable bonds is 5. The molecule has 0 fully saturated rings. The quantitative estimate of drug-likeness (QED) is 0.851. The lowest BCUT2D eigenvalue weighted by atomic mass is 10.0. The van der Waals surface area contributed by atoms with E-state index in [2.05, 4.69) is 15.5 Å². The number of nitrogens with zero attached hydrogens (tertiary/aromatic N) is 2. The fourth-order valence-electron chi connectivity index (χ4n) is 1.70. The molecule has 0 aliphatic heterocycles. The van der Waals surface area contributed by atoms with Gasteiger partial charge in [0.05, 0.1) is 13.5 Å². The first-order valence-electron chi connectivity index (χ1n) is 5.84. The van der Waals surface area contributed by atoms with Crippen molar-refractivity contribution in [2.75, 3.05) is 12.4 Å². The third-order valence-electron chi connectivity index (χ3n) is 2.64. The average Bonchev–Trinajstić information content (AvgIpc) is 2.91. The highest BCUT2D eigenvalue weighted by Crippen LogP contribution is 2.21. The van der Waals surface area contributed by atoms with Gasteiger partial charge in [0, 0.05) is 11.1 Å². The van der Waals surface area contributed by atoms with E-state index in [9.17, 15) is 9.59 Å². The number of ketones is 1. The highest BCUT2D eigenvalue weighted by atomic mass is 32.1. The van der Waals surface area contributed by atoms with Crippen LogP contribution in [0.25, 0.3) is 0 Å². The summed E-state index contributed by atoms with van der Waals surface area (Å²) in [6.07, 6.45) is 0.101. The molecule has 0 saturated carbocycles. The first-order valence-corrected chi connectivity index (χ1v) is 6.72. The van der Waals surface area contributed by atoms with E-state index in [0.29, 0.717) is 22.0 Å². The summed E-state index contributed by atoms with van der Waals surface area (Å²) in [5, 5.41) is 10.5. The van der Waals surface area contributed by atoms with E-state index in [1.807, 2.05) is 0 Å². The molecule has 6 nitrogen and oxygen atoms in total. The van der Waals surface area contributed by atoms with E-state index < -0.39 is 0 Å². The summed E-state index contributed by atoms with van der Waals surface area (Å²) in [5.41, 5.74) is 2.73. The lowest BCUT2D eigenvalue weighted by Crippen LogP contribution is -2.15. The number of hydrogen-bond donors (Lipinski definition) is 1. The molecule has 0 aliphatic rings. The molecule has 2 rings (SSSR count). The molecule has 20 heavy (non-hydrogen) atoms. The van der Waals surface area contributed by atoms with Crippen molar-refractivity contribution in [3.63, 3.8) is 0 Å². The Bertz CT molecular complexity index is 626. The molecule has 0 saturated heterocycles. The molecule has 0 spiro atoms. The molecule has 1 aromatic carbocycles. The Kier molecular flexibility index (Phi) is 4.41. The van der Waals surface area contributed by atoms with Gasteiger partial charge in [-0.3, -0.25) is 9.59 Å². The standard InChI is InChI=1S/C13H13N3O3S/c1-8(17)9-3-4-11(19-2)10(5-9)6-12(18)15-13-16-14-7-20-13/h3-5,7H,6H2,1-2H3,(H,15,16,18). The zero-order valence-corrected chi connectivity index (χ0v) is 11.9. The van der Waals surface area contributed by atoms with Crippen molar-refractivity contribution in [1.82, 2.24) is 10.2 Å². The van der Waals surface area contributed by atoms with Crippen molar-refractivity contribution < 1.29 is 14.3 Å². The van der Waals surface area contributed by atoms with Gasteiger partial charge >= 0.3 is 0 Å². The second-order valence-corrected chi connectivity index (χ2v) is 4.88. The van der Waals surface area contributed by atoms with Gasteiger partial charge in [-0.1, -0.05) is 11.3 Å². The number of nitrogens with one attached hydrogen (secondary N) is 1. The van der Waals surface area contributed by atoms with Crippen LogP contribution >= 0.6 is 11.3 Å². The van der Waals surface area contributed by atoms with Gasteiger partial charge in [-0.2, -0.15) is 0 Å². The lowest BCUT2D eigenvalue weighted by Gasteiger charge is -2.09. The van der Waals surface area contributed by atoms with Crippen LogP contribution in [-0.4, -0.2) is 29.0 Å². The maximum Gasteiger partial charge on any atom is 0.230 e. The third kappa shape index (κ3) is 3.39. The van der Waals surface area contributed by atoms with Crippen molar-refractivity contribution in [2.24, 2.45) is 0 Å². The van der Waals surface area contributed by atoms with Crippen molar-refractivity contribution in [2.45, 2.75) is 13.3 Å². The van der Waals surface area contributed by atoms with Gasteiger partial charge in [-0.25, -0.2) is 0 Å². The van der Waals surface area contributed by atoms with Crippen LogP contribution in [0.15, 0.2) is 23.7 Å². The largest absolute Gasteiger partial charge is 0.496 e. The summed E-state index contributed by atoms with van der Waals surface area (Å²) < 4.78 is 5.20. The molecule has 0 radical (unpaired) electrons. The molecular formula is C13H13N3O3S. The Hall–Kier alpha value is -2.28. The molecule has 0 unspecified atom stereocenters. The van der Waals surface area contributed by atoms with E-state index in [4.69, 9.17) is 4.74 Å². The van der Waals surface area contributed by atoms with Crippen LogP contribution < -0.4 is 10.1 Å². The average molecular weight is 291 g/mol. The van der Waals surface area contributed by atoms with Gasteiger partial charge in [0.2, 0.25) is 11.0 Å². The summed E-state index contributed by atoms with van der Waals surface area (Å²) in [6.45, 7) is 1.48. The molecule has 104 valence electrons. The number of benzene rings is 1. The highest BCUT2D eigenvalue weighted by Gasteiger charge is 2.12. The van der Waals surface area contributed by atoms with Crippen LogP contribution in [0.1, 0.15) is 22.8 Å². The van der Waals surface area contributed by atoms with E-state index >= 15 is 0 Å². The van der Waals surface area contributed by atoms with Crippen LogP contribution in [0, 0.1) is 0 Å². The monoisotopic (exact) mass is 291 g/mol. The minimum absolute atomic E-state index is 0.0570. The van der Waals surface area contributed by atoms with E-state index in [-0.39, 0.29) is 18.1 Å². The number of methoxy groups -OCH3 is 1. The number of hydrogen-bond acceptors (Lipinski definition) is 6. The topological polar surface area (TPSA) is 81.2 Å². The Morgan fingerprint density at radius 2 is 2.20 bits per heavy atom. The zero-order chi connectivity index (χ0) is 14.5.